The van der Waals surface area contributed by atoms with E-state index < -0.39 is 16.1 Å². The molecular formula is C6H9NO3S2. The molecule has 0 aliphatic rings. The van der Waals surface area contributed by atoms with Gasteiger partial charge >= 0.3 is 0 Å². The van der Waals surface area contributed by atoms with Gasteiger partial charge in [0, 0.05) is 5.56 Å². The third-order valence-electron chi connectivity index (χ3n) is 1.37. The number of thiophene rings is 1. The van der Waals surface area contributed by atoms with Crippen molar-refractivity contribution in [3.63, 3.8) is 0 Å². The summed E-state index contributed by atoms with van der Waals surface area (Å²) in [6.07, 6.45) is -0.801. The van der Waals surface area contributed by atoms with E-state index in [1.807, 2.05) is 0 Å². The molecule has 0 spiro atoms. The molecule has 3 N–H and O–H groups in total. The van der Waals surface area contributed by atoms with Crippen LogP contribution in [-0.2, 0) is 10.0 Å². The van der Waals surface area contributed by atoms with Crippen molar-refractivity contribution in [2.75, 3.05) is 0 Å². The van der Waals surface area contributed by atoms with Crippen LogP contribution >= 0.6 is 11.3 Å². The van der Waals surface area contributed by atoms with Crippen molar-refractivity contribution < 1.29 is 13.5 Å². The Bertz CT molecular complexity index is 366. The molecule has 0 aliphatic carbocycles. The molecule has 1 aromatic rings. The van der Waals surface area contributed by atoms with Crippen LogP contribution in [0.5, 0.6) is 0 Å². The molecule has 0 aromatic carbocycles. The van der Waals surface area contributed by atoms with Crippen LogP contribution in [0.2, 0.25) is 0 Å². The Balaban J connectivity index is 3.26. The number of rotatable bonds is 2. The quantitative estimate of drug-likeness (QED) is 0.738. The van der Waals surface area contributed by atoms with Gasteiger partial charge < -0.3 is 5.11 Å². The molecule has 0 bridgehead atoms. The smallest absolute Gasteiger partial charge is 0.247 e. The van der Waals surface area contributed by atoms with E-state index in [4.69, 9.17) is 10.2 Å². The van der Waals surface area contributed by atoms with E-state index in [1.165, 1.54) is 6.92 Å². The van der Waals surface area contributed by atoms with Gasteiger partial charge in [0.15, 0.2) is 0 Å². The Hall–Kier alpha value is -0.430. The molecule has 0 saturated heterocycles. The predicted molar refractivity (Wildman–Crippen MR) is 46.3 cm³/mol. The van der Waals surface area contributed by atoms with Crippen LogP contribution in [-0.4, -0.2) is 13.5 Å². The molecule has 1 heterocycles. The van der Waals surface area contributed by atoms with Crippen molar-refractivity contribution >= 4 is 21.4 Å². The average Bonchev–Trinajstić information content (AvgIpc) is 2.30. The first-order chi connectivity index (χ1) is 5.43. The molecule has 6 heteroatoms. The minimum atomic E-state index is -3.68. The Kier molecular flexibility index (Phi) is 2.52. The fraction of sp³-hybridized carbons (Fsp3) is 0.333. The Morgan fingerprint density at radius 3 is 2.58 bits per heavy atom. The molecule has 0 radical (unpaired) electrons. The zero-order chi connectivity index (χ0) is 9.35. The number of hydrogen-bond acceptors (Lipinski definition) is 4. The highest BCUT2D eigenvalue weighted by atomic mass is 32.2. The molecule has 0 fully saturated rings. The summed E-state index contributed by atoms with van der Waals surface area (Å²) in [5.41, 5.74) is 0.363. The summed E-state index contributed by atoms with van der Waals surface area (Å²) in [5.74, 6) is 0. The van der Waals surface area contributed by atoms with E-state index in [-0.39, 0.29) is 4.21 Å². The topological polar surface area (TPSA) is 80.4 Å². The van der Waals surface area contributed by atoms with Crippen LogP contribution in [0, 0.1) is 0 Å². The largest absolute Gasteiger partial charge is 0.389 e. The first kappa shape index (κ1) is 9.66. The molecule has 0 amide bonds. The maximum atomic E-state index is 10.9. The highest BCUT2D eigenvalue weighted by Gasteiger charge is 2.18. The summed E-state index contributed by atoms with van der Waals surface area (Å²) in [5, 5.41) is 15.6. The van der Waals surface area contributed by atoms with E-state index in [2.05, 4.69) is 0 Å². The van der Waals surface area contributed by atoms with Gasteiger partial charge in [-0.05, 0) is 18.4 Å². The summed E-state index contributed by atoms with van der Waals surface area (Å²) in [6.45, 7) is 1.50. The first-order valence-electron chi connectivity index (χ1n) is 3.21. The van der Waals surface area contributed by atoms with Crippen molar-refractivity contribution in [1.82, 2.24) is 0 Å². The monoisotopic (exact) mass is 207 g/mol. The molecule has 68 valence electrons. The van der Waals surface area contributed by atoms with Gasteiger partial charge in [-0.25, -0.2) is 13.6 Å². The molecular weight excluding hydrogens is 198 g/mol. The molecule has 12 heavy (non-hydrogen) atoms. The van der Waals surface area contributed by atoms with Crippen molar-refractivity contribution in [3.8, 4) is 0 Å². The number of sulfonamides is 1. The minimum Gasteiger partial charge on any atom is -0.389 e. The number of hydrogen-bond donors (Lipinski definition) is 2. The van der Waals surface area contributed by atoms with Gasteiger partial charge in [0.25, 0.3) is 0 Å². The average molecular weight is 207 g/mol. The van der Waals surface area contributed by atoms with E-state index >= 15 is 0 Å². The van der Waals surface area contributed by atoms with Gasteiger partial charge in [0.2, 0.25) is 10.0 Å². The third kappa shape index (κ3) is 1.84. The number of aliphatic hydroxyl groups is 1. The fourth-order valence-electron chi connectivity index (χ4n) is 0.846. The summed E-state index contributed by atoms with van der Waals surface area (Å²) in [6, 6.07) is 1.55. The van der Waals surface area contributed by atoms with E-state index in [9.17, 15) is 8.42 Å². The lowest BCUT2D eigenvalue weighted by Crippen LogP contribution is -2.13. The lowest BCUT2D eigenvalue weighted by molar-refractivity contribution is 0.197. The summed E-state index contributed by atoms with van der Waals surface area (Å²) in [7, 11) is -3.68. The molecule has 1 rings (SSSR count). The molecule has 0 saturated carbocycles. The molecule has 0 aliphatic heterocycles. The SMILES string of the molecule is CC(O)c1ccsc1S(N)(=O)=O. The Morgan fingerprint density at radius 2 is 2.25 bits per heavy atom. The number of nitrogens with two attached hydrogens (primary N) is 1. The molecule has 4 nitrogen and oxygen atoms in total. The molecule has 1 aromatic heterocycles. The Morgan fingerprint density at radius 1 is 1.67 bits per heavy atom. The summed E-state index contributed by atoms with van der Waals surface area (Å²) >= 11 is 1.01. The van der Waals surface area contributed by atoms with Crippen molar-refractivity contribution in [2.45, 2.75) is 17.2 Å². The normalized spacial score (nSPS) is 14.6. The van der Waals surface area contributed by atoms with Crippen LogP contribution in [0.1, 0.15) is 18.6 Å². The van der Waals surface area contributed by atoms with Crippen LogP contribution in [0.3, 0.4) is 0 Å². The number of primary sulfonamides is 1. The van der Waals surface area contributed by atoms with Crippen LogP contribution in [0.4, 0.5) is 0 Å². The van der Waals surface area contributed by atoms with Gasteiger partial charge in [-0.2, -0.15) is 0 Å². The highest BCUT2D eigenvalue weighted by molar-refractivity contribution is 7.91. The first-order valence-corrected chi connectivity index (χ1v) is 5.64. The second kappa shape index (κ2) is 3.14. The van der Waals surface area contributed by atoms with Gasteiger partial charge in [-0.3, -0.25) is 0 Å². The zero-order valence-electron chi connectivity index (χ0n) is 6.39. The Labute approximate surface area is 74.7 Å². The third-order valence-corrected chi connectivity index (χ3v) is 3.83. The van der Waals surface area contributed by atoms with E-state index in [0.717, 1.165) is 11.3 Å². The standard InChI is InChI=1S/C6H9NO3S2/c1-4(8)5-2-3-11-6(5)12(7,9)10/h2-4,8H,1H3,(H2,7,9,10). The van der Waals surface area contributed by atoms with E-state index in [0.29, 0.717) is 5.56 Å². The summed E-state index contributed by atoms with van der Waals surface area (Å²) < 4.78 is 21.8. The number of aliphatic hydroxyl groups excluding tert-OH is 1. The van der Waals surface area contributed by atoms with Gasteiger partial charge in [-0.1, -0.05) is 0 Å². The van der Waals surface area contributed by atoms with Crippen molar-refractivity contribution in [2.24, 2.45) is 5.14 Å². The second-order valence-electron chi connectivity index (χ2n) is 2.38. The van der Waals surface area contributed by atoms with Crippen LogP contribution in [0.15, 0.2) is 15.7 Å². The summed E-state index contributed by atoms with van der Waals surface area (Å²) in [4.78, 5) is 0. The fourth-order valence-corrected chi connectivity index (χ4v) is 2.83. The van der Waals surface area contributed by atoms with Crippen LogP contribution in [0.25, 0.3) is 0 Å². The molecule has 1 atom stereocenters. The van der Waals surface area contributed by atoms with Crippen LogP contribution < -0.4 is 5.14 Å². The molecule has 1 unspecified atom stereocenters. The zero-order valence-corrected chi connectivity index (χ0v) is 8.02. The lowest BCUT2D eigenvalue weighted by Gasteiger charge is -2.03. The maximum Gasteiger partial charge on any atom is 0.247 e. The minimum absolute atomic E-state index is 0.0394. The lowest BCUT2D eigenvalue weighted by atomic mass is 10.2. The van der Waals surface area contributed by atoms with Gasteiger partial charge in [-0.15, -0.1) is 11.3 Å². The maximum absolute atomic E-state index is 10.9. The second-order valence-corrected chi connectivity index (χ2v) is 5.06. The van der Waals surface area contributed by atoms with Gasteiger partial charge in [0.05, 0.1) is 6.10 Å². The van der Waals surface area contributed by atoms with Gasteiger partial charge in [0.1, 0.15) is 4.21 Å². The van der Waals surface area contributed by atoms with E-state index in [1.54, 1.807) is 11.4 Å². The highest BCUT2D eigenvalue weighted by Crippen LogP contribution is 2.26. The van der Waals surface area contributed by atoms with Crippen molar-refractivity contribution in [1.29, 1.82) is 0 Å². The van der Waals surface area contributed by atoms with Crippen molar-refractivity contribution in [3.05, 3.63) is 17.0 Å². The predicted octanol–water partition coefficient (Wildman–Crippen LogP) is 0.449.